The molecule has 71 heavy (non-hydrogen) atoms. The van der Waals surface area contributed by atoms with Gasteiger partial charge in [0.15, 0.2) is 6.10 Å². The highest BCUT2D eigenvalue weighted by molar-refractivity contribution is 5.71. The number of hydrogen-bond donors (Lipinski definition) is 0. The van der Waals surface area contributed by atoms with Gasteiger partial charge in [0.25, 0.3) is 0 Å². The van der Waals surface area contributed by atoms with Crippen LogP contribution in [0, 0.1) is 0 Å². The molecule has 0 N–H and O–H groups in total. The van der Waals surface area contributed by atoms with Crippen molar-refractivity contribution in [2.75, 3.05) is 13.2 Å². The average molecular weight is 982 g/mol. The molecule has 6 heteroatoms. The van der Waals surface area contributed by atoms with Crippen LogP contribution in [-0.4, -0.2) is 37.2 Å². The Labute approximate surface area is 436 Å². The van der Waals surface area contributed by atoms with Crippen LogP contribution in [0.1, 0.15) is 239 Å². The van der Waals surface area contributed by atoms with Crippen molar-refractivity contribution in [3.8, 4) is 0 Å². The molecule has 0 aliphatic carbocycles. The minimum Gasteiger partial charge on any atom is -0.462 e. The lowest BCUT2D eigenvalue weighted by molar-refractivity contribution is -0.167. The van der Waals surface area contributed by atoms with Gasteiger partial charge in [0.05, 0.1) is 0 Å². The zero-order chi connectivity index (χ0) is 51.4. The maximum absolute atomic E-state index is 12.9. The third-order valence-electron chi connectivity index (χ3n) is 11.6. The van der Waals surface area contributed by atoms with Gasteiger partial charge < -0.3 is 14.2 Å². The largest absolute Gasteiger partial charge is 0.462 e. The molecule has 6 nitrogen and oxygen atoms in total. The van der Waals surface area contributed by atoms with E-state index >= 15 is 0 Å². The quantitative estimate of drug-likeness (QED) is 0.0262. The third kappa shape index (κ3) is 56.3. The summed E-state index contributed by atoms with van der Waals surface area (Å²) in [6, 6.07) is 0. The van der Waals surface area contributed by atoms with Gasteiger partial charge in [0.2, 0.25) is 0 Å². The Morgan fingerprint density at radius 1 is 0.296 bits per heavy atom. The van der Waals surface area contributed by atoms with Crippen LogP contribution >= 0.6 is 0 Å². The molecule has 0 radical (unpaired) electrons. The molecule has 0 aliphatic heterocycles. The van der Waals surface area contributed by atoms with E-state index < -0.39 is 6.10 Å². The number of esters is 3. The second-order valence-corrected chi connectivity index (χ2v) is 18.5. The predicted octanol–water partition coefficient (Wildman–Crippen LogP) is 19.4. The Kier molecular flexibility index (Phi) is 54.5. The smallest absolute Gasteiger partial charge is 0.306 e. The Morgan fingerprint density at radius 3 is 0.873 bits per heavy atom. The van der Waals surface area contributed by atoms with Crippen molar-refractivity contribution in [2.24, 2.45) is 0 Å². The number of allylic oxidation sites excluding steroid dienone is 22. The summed E-state index contributed by atoms with van der Waals surface area (Å²) in [5, 5.41) is 0. The van der Waals surface area contributed by atoms with E-state index in [2.05, 4.69) is 154 Å². The van der Waals surface area contributed by atoms with Crippen LogP contribution in [0.15, 0.2) is 134 Å². The van der Waals surface area contributed by atoms with Crippen molar-refractivity contribution < 1.29 is 28.6 Å². The highest BCUT2D eigenvalue weighted by Gasteiger charge is 2.19. The van der Waals surface area contributed by atoms with E-state index in [1.54, 1.807) is 0 Å². The SMILES string of the molecule is CC/C=C/C/C=C/C/C=C/CCCCCCCC(=O)OC[C@H](COC(=O)CCCCC/C=C/C/C=C/C/C=C/C/C=C/CCCCC)OC(=O)CCCCC/C=C/C/C=C/C/C=C/C/C=C/CCCCC. The summed E-state index contributed by atoms with van der Waals surface area (Å²) in [5.41, 5.74) is 0. The van der Waals surface area contributed by atoms with Crippen molar-refractivity contribution in [3.63, 3.8) is 0 Å². The average Bonchev–Trinajstić information content (AvgIpc) is 3.37. The molecule has 0 fully saturated rings. The first kappa shape index (κ1) is 66.6. The van der Waals surface area contributed by atoms with E-state index in [1.807, 2.05) is 0 Å². The van der Waals surface area contributed by atoms with Gasteiger partial charge in [-0.1, -0.05) is 212 Å². The van der Waals surface area contributed by atoms with Crippen LogP contribution in [0.5, 0.6) is 0 Å². The van der Waals surface area contributed by atoms with E-state index in [0.29, 0.717) is 19.3 Å². The molecular weight excluding hydrogens is 877 g/mol. The molecule has 1 atom stereocenters. The molecule has 0 aromatic carbocycles. The van der Waals surface area contributed by atoms with Crippen LogP contribution in [0.3, 0.4) is 0 Å². The van der Waals surface area contributed by atoms with Gasteiger partial charge in [-0.3, -0.25) is 14.4 Å². The summed E-state index contributed by atoms with van der Waals surface area (Å²) in [5.74, 6) is -0.998. The van der Waals surface area contributed by atoms with Gasteiger partial charge in [-0.2, -0.15) is 0 Å². The van der Waals surface area contributed by atoms with E-state index in [0.717, 1.165) is 141 Å². The minimum absolute atomic E-state index is 0.115. The zero-order valence-corrected chi connectivity index (χ0v) is 45.7. The van der Waals surface area contributed by atoms with Gasteiger partial charge in [-0.05, 0) is 141 Å². The van der Waals surface area contributed by atoms with Crippen LogP contribution < -0.4 is 0 Å². The predicted molar refractivity (Wildman–Crippen MR) is 306 cm³/mol. The van der Waals surface area contributed by atoms with E-state index in [1.165, 1.54) is 51.4 Å². The van der Waals surface area contributed by atoms with Crippen molar-refractivity contribution in [1.82, 2.24) is 0 Å². The molecular formula is C65H104O6. The van der Waals surface area contributed by atoms with Crippen LogP contribution in [-0.2, 0) is 28.6 Å². The number of hydrogen-bond acceptors (Lipinski definition) is 6. The normalized spacial score (nSPS) is 13.1. The van der Waals surface area contributed by atoms with Crippen LogP contribution in [0.4, 0.5) is 0 Å². The highest BCUT2D eigenvalue weighted by atomic mass is 16.6. The standard InChI is InChI=1S/C65H104O6/c1-4-7-10-13-16-19-22-25-28-30-32-34-37-40-43-46-49-52-55-58-64(67)70-61-62(60-69-63(66)57-54-51-48-45-42-39-36-27-24-21-18-15-12-9-6-3)71-65(68)59-56-53-50-47-44-41-38-35-33-31-29-26-23-20-17-14-11-8-5-2/h9,12,16-21,25-29,32-36,40-41,43-44,62H,4-8,10-11,13-15,22-24,30-31,37-39,42,45-61H2,1-3H3/b12-9+,19-16+,20-17+,21-18+,28-25+,29-26+,34-32+,35-33+,36-27+,43-40+,44-41+/t62-/m1/s1. The van der Waals surface area contributed by atoms with Gasteiger partial charge in [-0.15, -0.1) is 0 Å². The number of carbonyl (C=O) groups excluding carboxylic acids is 3. The Balaban J connectivity index is 4.56. The first-order valence-electron chi connectivity index (χ1n) is 28.7. The summed E-state index contributed by atoms with van der Waals surface area (Å²) in [4.78, 5) is 38.2. The van der Waals surface area contributed by atoms with Gasteiger partial charge in [0, 0.05) is 19.3 Å². The lowest BCUT2D eigenvalue weighted by Crippen LogP contribution is -2.30. The lowest BCUT2D eigenvalue weighted by Gasteiger charge is -2.18. The van der Waals surface area contributed by atoms with Crippen LogP contribution in [0.25, 0.3) is 0 Å². The Morgan fingerprint density at radius 2 is 0.549 bits per heavy atom. The molecule has 0 amide bonds. The first-order chi connectivity index (χ1) is 35.0. The number of unbranched alkanes of at least 4 members (excludes halogenated alkanes) is 17. The Bertz CT molecular complexity index is 1550. The molecule has 0 aromatic heterocycles. The lowest BCUT2D eigenvalue weighted by atomic mass is 10.1. The molecule has 0 saturated heterocycles. The molecule has 0 aromatic rings. The Hall–Kier alpha value is -4.45. The van der Waals surface area contributed by atoms with Crippen molar-refractivity contribution >= 4 is 17.9 Å². The van der Waals surface area contributed by atoms with Gasteiger partial charge in [-0.25, -0.2) is 0 Å². The molecule has 0 heterocycles. The summed E-state index contributed by atoms with van der Waals surface area (Å²) >= 11 is 0. The summed E-state index contributed by atoms with van der Waals surface area (Å²) < 4.78 is 16.8. The maximum Gasteiger partial charge on any atom is 0.306 e. The molecule has 0 rings (SSSR count). The number of carbonyl (C=O) groups is 3. The van der Waals surface area contributed by atoms with E-state index in [4.69, 9.17) is 14.2 Å². The minimum atomic E-state index is -0.821. The monoisotopic (exact) mass is 981 g/mol. The second kappa shape index (κ2) is 58.1. The first-order valence-corrected chi connectivity index (χ1v) is 28.7. The van der Waals surface area contributed by atoms with Gasteiger partial charge in [0.1, 0.15) is 13.2 Å². The number of rotatable bonds is 50. The van der Waals surface area contributed by atoms with Crippen molar-refractivity contribution in [2.45, 2.75) is 245 Å². The molecule has 0 aliphatic rings. The second-order valence-electron chi connectivity index (χ2n) is 18.5. The van der Waals surface area contributed by atoms with Crippen LogP contribution in [0.2, 0.25) is 0 Å². The van der Waals surface area contributed by atoms with E-state index in [9.17, 15) is 14.4 Å². The number of ether oxygens (including phenoxy) is 3. The third-order valence-corrected chi connectivity index (χ3v) is 11.6. The molecule has 0 spiro atoms. The molecule has 0 bridgehead atoms. The molecule has 400 valence electrons. The maximum atomic E-state index is 12.9. The summed E-state index contributed by atoms with van der Waals surface area (Å²) in [6.07, 6.45) is 81.5. The fourth-order valence-electron chi connectivity index (χ4n) is 7.30. The van der Waals surface area contributed by atoms with Gasteiger partial charge >= 0.3 is 17.9 Å². The topological polar surface area (TPSA) is 78.9 Å². The summed E-state index contributed by atoms with van der Waals surface area (Å²) in [6.45, 7) is 6.39. The van der Waals surface area contributed by atoms with E-state index in [-0.39, 0.29) is 37.5 Å². The van der Waals surface area contributed by atoms with Crippen molar-refractivity contribution in [1.29, 1.82) is 0 Å². The fourth-order valence-corrected chi connectivity index (χ4v) is 7.30. The molecule has 0 saturated carbocycles. The zero-order valence-electron chi connectivity index (χ0n) is 45.7. The fraction of sp³-hybridized carbons (Fsp3) is 0.615. The molecule has 0 unspecified atom stereocenters. The highest BCUT2D eigenvalue weighted by Crippen LogP contribution is 2.12. The van der Waals surface area contributed by atoms with Crippen molar-refractivity contribution in [3.05, 3.63) is 134 Å². The summed E-state index contributed by atoms with van der Waals surface area (Å²) in [7, 11) is 0.